The van der Waals surface area contributed by atoms with Gasteiger partial charge in [0.05, 0.1) is 6.61 Å². The maximum absolute atomic E-state index is 12.0. The fourth-order valence-corrected chi connectivity index (χ4v) is 2.96. The lowest BCUT2D eigenvalue weighted by Gasteiger charge is -2.07. The number of aryl methyl sites for hydroxylation is 1. The number of hydrogen-bond acceptors (Lipinski definition) is 10. The molecule has 5 N–H and O–H groups in total. The number of aromatic hydroxyl groups is 2. The van der Waals surface area contributed by atoms with E-state index >= 15 is 0 Å². The number of nitrogens with two attached hydrogens (primary N) is 1. The first-order valence-electron chi connectivity index (χ1n) is 10.0. The van der Waals surface area contributed by atoms with Crippen molar-refractivity contribution in [1.29, 1.82) is 0 Å². The standard InChI is InChI=1S/C11H12N2O3.C6H8O3.C5H6N2O/c1-7-8(4-6-14)11(16)13-5-2-3-9(15)10(13)12-7;1-4(7)5-2-3-9-6(5)8;6-5-4(8)2-1-3-7-5/h2-3,5,14-15H,4,6H2,1H3;5H,2-3H2,1H3;1-3,8H,(H2,6,7). The van der Waals surface area contributed by atoms with Crippen LogP contribution in [0.1, 0.15) is 24.6 Å². The van der Waals surface area contributed by atoms with E-state index in [1.165, 1.54) is 29.7 Å². The summed E-state index contributed by atoms with van der Waals surface area (Å²) in [5.41, 5.74) is 6.18. The van der Waals surface area contributed by atoms with Crippen molar-refractivity contribution in [3.63, 3.8) is 0 Å². The Balaban J connectivity index is 0.000000192. The van der Waals surface area contributed by atoms with Crippen molar-refractivity contribution in [3.8, 4) is 11.5 Å². The summed E-state index contributed by atoms with van der Waals surface area (Å²) in [6.45, 7) is 3.42. The van der Waals surface area contributed by atoms with Gasteiger partial charge in [-0.3, -0.25) is 18.8 Å². The van der Waals surface area contributed by atoms with Gasteiger partial charge in [0.1, 0.15) is 11.7 Å². The Bertz CT molecular complexity index is 1170. The highest BCUT2D eigenvalue weighted by Crippen LogP contribution is 2.15. The molecular formula is C22H26N4O7. The molecule has 0 saturated carbocycles. The molecule has 3 aromatic rings. The molecule has 1 aliphatic rings. The van der Waals surface area contributed by atoms with Gasteiger partial charge in [-0.05, 0) is 38.1 Å². The van der Waals surface area contributed by atoms with Gasteiger partial charge in [0.25, 0.3) is 5.56 Å². The van der Waals surface area contributed by atoms with Gasteiger partial charge in [0, 0.05) is 43.1 Å². The number of esters is 1. The Morgan fingerprint density at radius 3 is 2.42 bits per heavy atom. The van der Waals surface area contributed by atoms with Gasteiger partial charge in [-0.25, -0.2) is 9.97 Å². The number of carbonyl (C=O) groups excluding carboxylic acids is 2. The summed E-state index contributed by atoms with van der Waals surface area (Å²) in [6, 6.07) is 6.16. The number of carbonyl (C=O) groups is 2. The minimum atomic E-state index is -0.468. The summed E-state index contributed by atoms with van der Waals surface area (Å²) < 4.78 is 5.85. The monoisotopic (exact) mass is 458 g/mol. The lowest BCUT2D eigenvalue weighted by molar-refractivity contribution is -0.144. The summed E-state index contributed by atoms with van der Waals surface area (Å²) >= 11 is 0. The van der Waals surface area contributed by atoms with Crippen molar-refractivity contribution in [3.05, 3.63) is 58.3 Å². The number of ether oxygens (including phenoxy) is 1. The van der Waals surface area contributed by atoms with Gasteiger partial charge in [0.2, 0.25) is 0 Å². The number of ketones is 1. The van der Waals surface area contributed by atoms with Crippen LogP contribution in [0.25, 0.3) is 5.65 Å². The number of Topliss-reactive ketones (excluding diaryl/α,β-unsaturated/α-hetero) is 1. The molecule has 0 bridgehead atoms. The van der Waals surface area contributed by atoms with Crippen LogP contribution in [0, 0.1) is 12.8 Å². The highest BCUT2D eigenvalue weighted by atomic mass is 16.5. The summed E-state index contributed by atoms with van der Waals surface area (Å²) in [6.07, 6.45) is 3.91. The molecule has 4 heterocycles. The van der Waals surface area contributed by atoms with Gasteiger partial charge in [-0.1, -0.05) is 0 Å². The van der Waals surface area contributed by atoms with Gasteiger partial charge in [-0.15, -0.1) is 0 Å². The number of aromatic nitrogens is 3. The van der Waals surface area contributed by atoms with Crippen LogP contribution in [-0.2, 0) is 20.7 Å². The first-order valence-corrected chi connectivity index (χ1v) is 10.0. The Labute approximate surface area is 189 Å². The predicted octanol–water partition coefficient (Wildman–Crippen LogP) is 0.751. The number of cyclic esters (lactones) is 1. The molecule has 0 aliphatic carbocycles. The molecular weight excluding hydrogens is 432 g/mol. The third-order valence-electron chi connectivity index (χ3n) is 4.74. The van der Waals surface area contributed by atoms with Crippen LogP contribution < -0.4 is 11.3 Å². The lowest BCUT2D eigenvalue weighted by Crippen LogP contribution is -2.22. The van der Waals surface area contributed by atoms with E-state index in [1.54, 1.807) is 25.3 Å². The number of hydrogen-bond donors (Lipinski definition) is 4. The molecule has 1 atom stereocenters. The van der Waals surface area contributed by atoms with E-state index in [2.05, 4.69) is 14.7 Å². The number of anilines is 1. The van der Waals surface area contributed by atoms with E-state index in [-0.39, 0.29) is 53.3 Å². The third-order valence-corrected chi connectivity index (χ3v) is 4.74. The van der Waals surface area contributed by atoms with Crippen LogP contribution in [0.15, 0.2) is 41.5 Å². The van der Waals surface area contributed by atoms with Crippen LogP contribution in [-0.4, -0.2) is 54.7 Å². The SMILES string of the molecule is CC(=O)C1CCOC1=O.Cc1nc2c(O)cccn2c(=O)c1CCO.Nc1ncccc1O. The lowest BCUT2D eigenvalue weighted by atomic mass is 10.1. The Morgan fingerprint density at radius 2 is 1.94 bits per heavy atom. The molecule has 0 aromatic carbocycles. The maximum Gasteiger partial charge on any atom is 0.316 e. The molecule has 1 aliphatic heterocycles. The molecule has 11 nitrogen and oxygen atoms in total. The highest BCUT2D eigenvalue weighted by Gasteiger charge is 2.29. The van der Waals surface area contributed by atoms with Gasteiger partial charge in [0.15, 0.2) is 23.0 Å². The number of rotatable bonds is 3. The van der Waals surface area contributed by atoms with Crippen LogP contribution >= 0.6 is 0 Å². The van der Waals surface area contributed by atoms with E-state index in [1.807, 2.05) is 0 Å². The smallest absolute Gasteiger partial charge is 0.316 e. The van der Waals surface area contributed by atoms with Crippen molar-refractivity contribution < 1.29 is 29.6 Å². The van der Waals surface area contributed by atoms with Crippen molar-refractivity contribution in [1.82, 2.24) is 14.4 Å². The van der Waals surface area contributed by atoms with Crippen LogP contribution in [0.5, 0.6) is 11.5 Å². The zero-order valence-electron chi connectivity index (χ0n) is 18.3. The predicted molar refractivity (Wildman–Crippen MR) is 119 cm³/mol. The number of aliphatic hydroxyl groups is 1. The van der Waals surface area contributed by atoms with Crippen molar-refractivity contribution in [2.24, 2.45) is 5.92 Å². The normalized spacial score (nSPS) is 14.5. The second-order valence-corrected chi connectivity index (χ2v) is 7.07. The molecule has 33 heavy (non-hydrogen) atoms. The van der Waals surface area contributed by atoms with Crippen molar-refractivity contribution >= 4 is 23.2 Å². The molecule has 176 valence electrons. The van der Waals surface area contributed by atoms with Crippen LogP contribution in [0.3, 0.4) is 0 Å². The molecule has 11 heteroatoms. The van der Waals surface area contributed by atoms with Gasteiger partial charge >= 0.3 is 5.97 Å². The quantitative estimate of drug-likeness (QED) is 0.323. The molecule has 4 rings (SSSR count). The van der Waals surface area contributed by atoms with E-state index in [4.69, 9.17) is 15.9 Å². The van der Waals surface area contributed by atoms with Crippen LogP contribution in [0.2, 0.25) is 0 Å². The Kier molecular flexibility index (Phi) is 8.87. The molecule has 1 fully saturated rings. The fourth-order valence-electron chi connectivity index (χ4n) is 2.96. The average molecular weight is 458 g/mol. The summed E-state index contributed by atoms with van der Waals surface area (Å²) in [7, 11) is 0. The first-order chi connectivity index (χ1) is 15.7. The number of nitrogens with zero attached hydrogens (tertiary/aromatic N) is 3. The molecule has 0 spiro atoms. The zero-order chi connectivity index (χ0) is 24.5. The van der Waals surface area contributed by atoms with Crippen molar-refractivity contribution in [2.75, 3.05) is 18.9 Å². The molecule has 3 aromatic heterocycles. The summed E-state index contributed by atoms with van der Waals surface area (Å²) in [4.78, 5) is 40.9. The van der Waals surface area contributed by atoms with E-state index in [0.29, 0.717) is 24.3 Å². The van der Waals surface area contributed by atoms with E-state index < -0.39 is 5.92 Å². The minimum absolute atomic E-state index is 0.0294. The summed E-state index contributed by atoms with van der Waals surface area (Å²) in [5.74, 6) is -0.733. The number of aliphatic hydroxyl groups excluding tert-OH is 1. The maximum atomic E-state index is 12.0. The van der Waals surface area contributed by atoms with Gasteiger partial charge in [-0.2, -0.15) is 0 Å². The average Bonchev–Trinajstić information content (AvgIpc) is 3.21. The van der Waals surface area contributed by atoms with E-state index in [9.17, 15) is 19.5 Å². The minimum Gasteiger partial charge on any atom is -0.504 e. The Hall–Kier alpha value is -3.99. The van der Waals surface area contributed by atoms with E-state index in [0.717, 1.165) is 0 Å². The highest BCUT2D eigenvalue weighted by molar-refractivity contribution is 5.98. The molecule has 1 saturated heterocycles. The number of pyridine rings is 2. The second-order valence-electron chi connectivity index (χ2n) is 7.07. The number of nitrogen functional groups attached to an aromatic ring is 1. The molecule has 1 unspecified atom stereocenters. The third kappa shape index (κ3) is 6.50. The van der Waals surface area contributed by atoms with Crippen molar-refractivity contribution in [2.45, 2.75) is 26.7 Å². The van der Waals surface area contributed by atoms with Gasteiger partial charge < -0.3 is 25.8 Å². The largest absolute Gasteiger partial charge is 0.504 e. The summed E-state index contributed by atoms with van der Waals surface area (Å²) in [5, 5.41) is 27.2. The Morgan fingerprint density at radius 1 is 1.24 bits per heavy atom. The molecule has 0 amide bonds. The topological polar surface area (TPSA) is 177 Å². The number of fused-ring (bicyclic) bond motifs is 1. The fraction of sp³-hybridized carbons (Fsp3) is 0.318. The van der Waals surface area contributed by atoms with Crippen LogP contribution in [0.4, 0.5) is 5.82 Å². The zero-order valence-corrected chi connectivity index (χ0v) is 18.3. The first kappa shape index (κ1) is 25.3. The molecule has 0 radical (unpaired) electrons. The second kappa shape index (κ2) is 11.6.